The Kier molecular flexibility index (Phi) is 5.11. The maximum atomic E-state index is 14.0. The van der Waals surface area contributed by atoms with Crippen LogP contribution < -0.4 is 9.80 Å². The number of rotatable bonds is 3. The van der Waals surface area contributed by atoms with Gasteiger partial charge in [-0.05, 0) is 50.8 Å². The van der Waals surface area contributed by atoms with Crippen LogP contribution in [0.1, 0.15) is 12.8 Å². The fourth-order valence-electron chi connectivity index (χ4n) is 2.76. The molecule has 1 aliphatic rings. The summed E-state index contributed by atoms with van der Waals surface area (Å²) in [7, 11) is 2.00. The fourth-order valence-corrected chi connectivity index (χ4v) is 3.26. The molecule has 0 atom stereocenters. The lowest BCUT2D eigenvalue weighted by molar-refractivity contribution is 0.469. The molecule has 23 heavy (non-hydrogen) atoms. The molecule has 1 fully saturated rings. The third kappa shape index (κ3) is 3.80. The zero-order chi connectivity index (χ0) is 16.4. The Labute approximate surface area is 151 Å². The van der Waals surface area contributed by atoms with Gasteiger partial charge in [0, 0.05) is 49.2 Å². The number of pyridine rings is 1. The minimum atomic E-state index is -0.289. The summed E-state index contributed by atoms with van der Waals surface area (Å²) >= 11 is 6.58. The van der Waals surface area contributed by atoms with E-state index in [0.717, 1.165) is 30.4 Å². The predicted octanol–water partition coefficient (Wildman–Crippen LogP) is 3.64. The summed E-state index contributed by atoms with van der Waals surface area (Å²) in [6.07, 6.45) is 6.94. The normalized spacial score (nSPS) is 15.7. The molecule has 0 saturated carbocycles. The van der Waals surface area contributed by atoms with Gasteiger partial charge in [0.05, 0.1) is 4.47 Å². The van der Waals surface area contributed by atoms with Gasteiger partial charge in [-0.25, -0.2) is 19.3 Å². The topological polar surface area (TPSA) is 45.2 Å². The molecule has 0 spiro atoms. The highest BCUT2D eigenvalue weighted by Gasteiger charge is 2.26. The van der Waals surface area contributed by atoms with Crippen LogP contribution in [0.15, 0.2) is 33.6 Å². The van der Waals surface area contributed by atoms with Crippen LogP contribution in [0.2, 0.25) is 0 Å². The molecule has 122 valence electrons. The number of aromatic nitrogens is 3. The van der Waals surface area contributed by atoms with E-state index in [1.807, 2.05) is 11.9 Å². The third-order valence-electron chi connectivity index (χ3n) is 4.02. The Balaban J connectivity index is 1.65. The minimum absolute atomic E-state index is 0.289. The Morgan fingerprint density at radius 2 is 1.70 bits per heavy atom. The van der Waals surface area contributed by atoms with Crippen molar-refractivity contribution in [3.8, 4) is 0 Å². The lowest BCUT2D eigenvalue weighted by Gasteiger charge is -2.37. The Bertz CT molecular complexity index is 674. The van der Waals surface area contributed by atoms with Gasteiger partial charge in [0.1, 0.15) is 0 Å². The summed E-state index contributed by atoms with van der Waals surface area (Å²) in [5, 5.41) is 0. The second-order valence-corrected chi connectivity index (χ2v) is 7.32. The number of anilines is 2. The first-order valence-electron chi connectivity index (χ1n) is 7.31. The first-order chi connectivity index (χ1) is 11.0. The van der Waals surface area contributed by atoms with Crippen LogP contribution in [-0.4, -0.2) is 41.1 Å². The molecule has 0 aromatic carbocycles. The summed E-state index contributed by atoms with van der Waals surface area (Å²) in [5.41, 5.74) is 0. The van der Waals surface area contributed by atoms with E-state index in [0.29, 0.717) is 22.3 Å². The van der Waals surface area contributed by atoms with Crippen molar-refractivity contribution >= 4 is 43.6 Å². The Morgan fingerprint density at radius 1 is 1.09 bits per heavy atom. The average Bonchev–Trinajstić information content (AvgIpc) is 2.55. The van der Waals surface area contributed by atoms with E-state index in [-0.39, 0.29) is 5.82 Å². The summed E-state index contributed by atoms with van der Waals surface area (Å²) in [6, 6.07) is 1.79. The Morgan fingerprint density at radius 3 is 2.30 bits per heavy atom. The van der Waals surface area contributed by atoms with Gasteiger partial charge in [0.2, 0.25) is 5.95 Å². The van der Waals surface area contributed by atoms with Crippen molar-refractivity contribution in [3.63, 3.8) is 0 Å². The highest BCUT2D eigenvalue weighted by molar-refractivity contribution is 9.10. The van der Waals surface area contributed by atoms with E-state index >= 15 is 0 Å². The van der Waals surface area contributed by atoms with E-state index in [1.165, 1.54) is 6.07 Å². The molecule has 8 heteroatoms. The standard InChI is InChI=1S/C15H16Br2FN5/c1-22(15-20-8-11(17)9-21-15)12-2-4-23(5-3-12)14-13(18)6-10(16)7-19-14/h6-9,12H,2-5H2,1H3. The Hall–Kier alpha value is -1.28. The van der Waals surface area contributed by atoms with Crippen LogP contribution in [0.25, 0.3) is 0 Å². The van der Waals surface area contributed by atoms with Gasteiger partial charge in [0.15, 0.2) is 11.6 Å². The molecule has 1 aliphatic heterocycles. The molecule has 0 radical (unpaired) electrons. The van der Waals surface area contributed by atoms with Crippen LogP contribution in [0.3, 0.4) is 0 Å². The first kappa shape index (κ1) is 16.6. The van der Waals surface area contributed by atoms with Gasteiger partial charge < -0.3 is 9.80 Å². The highest BCUT2D eigenvalue weighted by atomic mass is 79.9. The van der Waals surface area contributed by atoms with Gasteiger partial charge >= 0.3 is 0 Å². The second-order valence-electron chi connectivity index (χ2n) is 5.49. The summed E-state index contributed by atoms with van der Waals surface area (Å²) < 4.78 is 15.5. The lowest BCUT2D eigenvalue weighted by Crippen LogP contribution is -2.44. The molecule has 0 bridgehead atoms. The van der Waals surface area contributed by atoms with Crippen molar-refractivity contribution in [1.82, 2.24) is 15.0 Å². The monoisotopic (exact) mass is 443 g/mol. The summed E-state index contributed by atoms with van der Waals surface area (Å²) in [4.78, 5) is 16.9. The first-order valence-corrected chi connectivity index (χ1v) is 8.89. The molecule has 0 amide bonds. The van der Waals surface area contributed by atoms with Gasteiger partial charge in [-0.3, -0.25) is 0 Å². The van der Waals surface area contributed by atoms with Gasteiger partial charge in [-0.1, -0.05) is 0 Å². The van der Waals surface area contributed by atoms with E-state index in [1.54, 1.807) is 18.6 Å². The van der Waals surface area contributed by atoms with E-state index in [4.69, 9.17) is 0 Å². The number of piperidine rings is 1. The molecule has 0 N–H and O–H groups in total. The molecule has 3 heterocycles. The summed E-state index contributed by atoms with van der Waals surface area (Å²) in [6.45, 7) is 1.52. The van der Waals surface area contributed by atoms with Crippen LogP contribution >= 0.6 is 31.9 Å². The highest BCUT2D eigenvalue weighted by Crippen LogP contribution is 2.25. The van der Waals surface area contributed by atoms with Crippen LogP contribution in [0.4, 0.5) is 16.2 Å². The number of hydrogen-bond donors (Lipinski definition) is 0. The average molecular weight is 445 g/mol. The van der Waals surface area contributed by atoms with Crippen LogP contribution in [0, 0.1) is 5.82 Å². The predicted molar refractivity (Wildman–Crippen MR) is 95.3 cm³/mol. The van der Waals surface area contributed by atoms with Crippen molar-refractivity contribution in [2.75, 3.05) is 29.9 Å². The fraction of sp³-hybridized carbons (Fsp3) is 0.400. The second kappa shape index (κ2) is 7.09. The molecule has 0 unspecified atom stereocenters. The lowest BCUT2D eigenvalue weighted by atomic mass is 10.0. The molecular formula is C15H16Br2FN5. The number of hydrogen-bond acceptors (Lipinski definition) is 5. The van der Waals surface area contributed by atoms with Gasteiger partial charge in [0.25, 0.3) is 0 Å². The van der Waals surface area contributed by atoms with Gasteiger partial charge in [-0.2, -0.15) is 0 Å². The molecule has 2 aromatic heterocycles. The minimum Gasteiger partial charge on any atom is -0.354 e. The number of halogens is 3. The largest absolute Gasteiger partial charge is 0.354 e. The maximum Gasteiger partial charge on any atom is 0.225 e. The zero-order valence-corrected chi connectivity index (χ0v) is 15.8. The number of nitrogens with zero attached hydrogens (tertiary/aromatic N) is 5. The molecule has 3 rings (SSSR count). The van der Waals surface area contributed by atoms with Crippen molar-refractivity contribution < 1.29 is 4.39 Å². The molecular weight excluding hydrogens is 429 g/mol. The SMILES string of the molecule is CN(c1ncc(Br)cn1)C1CCN(c2ncc(Br)cc2F)CC1. The van der Waals surface area contributed by atoms with Crippen LogP contribution in [-0.2, 0) is 0 Å². The molecule has 1 saturated heterocycles. The smallest absolute Gasteiger partial charge is 0.225 e. The molecule has 2 aromatic rings. The van der Waals surface area contributed by atoms with Crippen molar-refractivity contribution in [2.45, 2.75) is 18.9 Å². The van der Waals surface area contributed by atoms with Crippen molar-refractivity contribution in [2.24, 2.45) is 0 Å². The maximum absolute atomic E-state index is 14.0. The van der Waals surface area contributed by atoms with E-state index < -0.39 is 0 Å². The van der Waals surface area contributed by atoms with E-state index in [9.17, 15) is 4.39 Å². The summed E-state index contributed by atoms with van der Waals surface area (Å²) in [5.74, 6) is 0.844. The van der Waals surface area contributed by atoms with Crippen molar-refractivity contribution in [3.05, 3.63) is 39.4 Å². The zero-order valence-electron chi connectivity index (χ0n) is 12.6. The van der Waals surface area contributed by atoms with Crippen molar-refractivity contribution in [1.29, 1.82) is 0 Å². The van der Waals surface area contributed by atoms with Crippen LogP contribution in [0.5, 0.6) is 0 Å². The molecule has 0 aliphatic carbocycles. The molecule has 5 nitrogen and oxygen atoms in total. The third-order valence-corrected chi connectivity index (χ3v) is 4.87. The quantitative estimate of drug-likeness (QED) is 0.723. The van der Waals surface area contributed by atoms with Gasteiger partial charge in [-0.15, -0.1) is 0 Å². The van der Waals surface area contributed by atoms with E-state index in [2.05, 4.69) is 51.7 Å².